The summed E-state index contributed by atoms with van der Waals surface area (Å²) in [6.07, 6.45) is 4.48. The summed E-state index contributed by atoms with van der Waals surface area (Å²) in [5.74, 6) is 1.32. The van der Waals surface area contributed by atoms with Gasteiger partial charge in [0.25, 0.3) is 0 Å². The zero-order valence-electron chi connectivity index (χ0n) is 17.4. The first-order valence-corrected chi connectivity index (χ1v) is 10.1. The molecule has 1 aromatic carbocycles. The van der Waals surface area contributed by atoms with Crippen molar-refractivity contribution in [3.8, 4) is 5.75 Å². The number of ether oxygens (including phenoxy) is 1. The number of piperidine rings is 1. The van der Waals surface area contributed by atoms with Gasteiger partial charge in [0.15, 0.2) is 5.78 Å². The first-order valence-electron chi connectivity index (χ1n) is 10.1. The fourth-order valence-corrected chi connectivity index (χ4v) is 3.53. The van der Waals surface area contributed by atoms with Crippen molar-refractivity contribution in [1.29, 1.82) is 0 Å². The highest BCUT2D eigenvalue weighted by molar-refractivity contribution is 6.14. The van der Waals surface area contributed by atoms with Gasteiger partial charge in [-0.25, -0.2) is 9.97 Å². The predicted molar refractivity (Wildman–Crippen MR) is 116 cm³/mol. The number of likely N-dealkylation sites (tertiary alicyclic amines) is 1. The SMILES string of the molecule is C=CC(=O)N1CCCC(Nc2ncnc(NC)c2C(=O)c2ccc(OCC)cc2)C1. The van der Waals surface area contributed by atoms with Gasteiger partial charge in [0.1, 0.15) is 29.3 Å². The second kappa shape index (κ2) is 9.87. The molecule has 1 unspecified atom stereocenters. The average molecular weight is 409 g/mol. The Hall–Kier alpha value is -3.42. The van der Waals surface area contributed by atoms with Crippen LogP contribution in [-0.4, -0.2) is 59.3 Å². The number of carbonyl (C=O) groups excluding carboxylic acids is 2. The lowest BCUT2D eigenvalue weighted by atomic mass is 10.0. The van der Waals surface area contributed by atoms with Crippen molar-refractivity contribution in [2.45, 2.75) is 25.8 Å². The normalized spacial score (nSPS) is 15.9. The van der Waals surface area contributed by atoms with E-state index in [2.05, 4.69) is 27.2 Å². The highest BCUT2D eigenvalue weighted by Crippen LogP contribution is 2.26. The van der Waals surface area contributed by atoms with E-state index in [1.807, 2.05) is 6.92 Å². The van der Waals surface area contributed by atoms with E-state index in [-0.39, 0.29) is 17.7 Å². The van der Waals surface area contributed by atoms with Gasteiger partial charge in [0, 0.05) is 31.7 Å². The molecule has 0 spiro atoms. The van der Waals surface area contributed by atoms with Gasteiger partial charge >= 0.3 is 0 Å². The lowest BCUT2D eigenvalue weighted by molar-refractivity contribution is -0.127. The van der Waals surface area contributed by atoms with Crippen LogP contribution in [0.4, 0.5) is 11.6 Å². The van der Waals surface area contributed by atoms with Crippen molar-refractivity contribution < 1.29 is 14.3 Å². The van der Waals surface area contributed by atoms with E-state index in [0.29, 0.717) is 48.2 Å². The Morgan fingerprint density at radius 2 is 2.00 bits per heavy atom. The number of aromatic nitrogens is 2. The number of carbonyl (C=O) groups is 2. The van der Waals surface area contributed by atoms with Crippen molar-refractivity contribution in [1.82, 2.24) is 14.9 Å². The quantitative estimate of drug-likeness (QED) is 0.511. The van der Waals surface area contributed by atoms with Crippen LogP contribution in [0.25, 0.3) is 0 Å². The minimum absolute atomic E-state index is 0.0193. The highest BCUT2D eigenvalue weighted by atomic mass is 16.5. The predicted octanol–water partition coefficient (Wildman–Crippen LogP) is 2.74. The molecule has 1 saturated heterocycles. The topological polar surface area (TPSA) is 96.5 Å². The molecule has 0 saturated carbocycles. The standard InChI is InChI=1S/C22H27N5O3/c1-4-18(28)27-12-6-7-16(13-27)26-22-19(21(23-3)24-14-25-22)20(29)15-8-10-17(11-9-15)30-5-2/h4,8-11,14,16H,1,5-7,12-13H2,2-3H3,(H2,23,24,25,26). The molecule has 8 heteroatoms. The lowest BCUT2D eigenvalue weighted by Gasteiger charge is -2.33. The molecule has 1 atom stereocenters. The Kier molecular flexibility index (Phi) is 7.00. The number of hydrogen-bond donors (Lipinski definition) is 2. The van der Waals surface area contributed by atoms with Crippen LogP contribution in [0.3, 0.4) is 0 Å². The molecule has 0 aliphatic carbocycles. The van der Waals surface area contributed by atoms with Gasteiger partial charge < -0.3 is 20.3 Å². The van der Waals surface area contributed by atoms with Gasteiger partial charge in [-0.2, -0.15) is 0 Å². The molecule has 158 valence electrons. The fourth-order valence-electron chi connectivity index (χ4n) is 3.53. The maximum Gasteiger partial charge on any atom is 0.246 e. The van der Waals surface area contributed by atoms with Crippen molar-refractivity contribution >= 4 is 23.3 Å². The summed E-state index contributed by atoms with van der Waals surface area (Å²) in [4.78, 5) is 35.6. The smallest absolute Gasteiger partial charge is 0.246 e. The molecule has 8 nitrogen and oxygen atoms in total. The van der Waals surface area contributed by atoms with Gasteiger partial charge in [0.05, 0.1) is 6.61 Å². The van der Waals surface area contributed by atoms with E-state index in [9.17, 15) is 9.59 Å². The number of ketones is 1. The third-order valence-corrected chi connectivity index (χ3v) is 4.99. The fraction of sp³-hybridized carbons (Fsp3) is 0.364. The molecule has 2 heterocycles. The van der Waals surface area contributed by atoms with Crippen LogP contribution in [0, 0.1) is 0 Å². The molecule has 1 aliphatic rings. The summed E-state index contributed by atoms with van der Waals surface area (Å²) < 4.78 is 5.45. The molecule has 3 rings (SSSR count). The van der Waals surface area contributed by atoms with E-state index in [0.717, 1.165) is 12.8 Å². The molecule has 1 aliphatic heterocycles. The minimum atomic E-state index is -0.194. The van der Waals surface area contributed by atoms with Gasteiger partial charge in [-0.15, -0.1) is 0 Å². The van der Waals surface area contributed by atoms with Crippen LogP contribution in [0.1, 0.15) is 35.7 Å². The van der Waals surface area contributed by atoms with E-state index in [1.165, 1.54) is 12.4 Å². The summed E-state index contributed by atoms with van der Waals surface area (Å²) in [6, 6.07) is 6.98. The Bertz CT molecular complexity index is 913. The number of benzene rings is 1. The minimum Gasteiger partial charge on any atom is -0.494 e. The number of amides is 1. The molecule has 1 amide bonds. The maximum absolute atomic E-state index is 13.3. The molecule has 30 heavy (non-hydrogen) atoms. The molecule has 0 radical (unpaired) electrons. The number of nitrogens with one attached hydrogen (secondary N) is 2. The Labute approximate surface area is 176 Å². The van der Waals surface area contributed by atoms with Crippen LogP contribution >= 0.6 is 0 Å². The van der Waals surface area contributed by atoms with Crippen LogP contribution in [0.15, 0.2) is 43.2 Å². The van der Waals surface area contributed by atoms with Gasteiger partial charge in [-0.3, -0.25) is 9.59 Å². The summed E-state index contributed by atoms with van der Waals surface area (Å²) in [6.45, 7) is 7.26. The van der Waals surface area contributed by atoms with Crippen LogP contribution < -0.4 is 15.4 Å². The second-order valence-corrected chi connectivity index (χ2v) is 6.95. The average Bonchev–Trinajstić information content (AvgIpc) is 2.78. The molecule has 1 aromatic heterocycles. The van der Waals surface area contributed by atoms with Gasteiger partial charge in [-0.05, 0) is 50.1 Å². The van der Waals surface area contributed by atoms with Crippen molar-refractivity contribution in [2.24, 2.45) is 0 Å². The van der Waals surface area contributed by atoms with Crippen LogP contribution in [0.5, 0.6) is 5.75 Å². The molecule has 0 bridgehead atoms. The maximum atomic E-state index is 13.3. The van der Waals surface area contributed by atoms with Gasteiger partial charge in [-0.1, -0.05) is 6.58 Å². The third kappa shape index (κ3) is 4.76. The number of anilines is 2. The summed E-state index contributed by atoms with van der Waals surface area (Å²) in [5, 5.41) is 6.33. The zero-order chi connectivity index (χ0) is 21.5. The Morgan fingerprint density at radius 1 is 1.27 bits per heavy atom. The first-order chi connectivity index (χ1) is 14.6. The monoisotopic (exact) mass is 409 g/mol. The largest absolute Gasteiger partial charge is 0.494 e. The number of rotatable bonds is 8. The third-order valence-electron chi connectivity index (χ3n) is 4.99. The van der Waals surface area contributed by atoms with Crippen molar-refractivity contribution in [3.63, 3.8) is 0 Å². The molecular weight excluding hydrogens is 382 g/mol. The van der Waals surface area contributed by atoms with Crippen LogP contribution in [-0.2, 0) is 4.79 Å². The van der Waals surface area contributed by atoms with Crippen molar-refractivity contribution in [2.75, 3.05) is 37.4 Å². The van der Waals surface area contributed by atoms with Crippen molar-refractivity contribution in [3.05, 3.63) is 54.4 Å². The summed E-state index contributed by atoms with van der Waals surface area (Å²) >= 11 is 0. The molecule has 2 N–H and O–H groups in total. The number of hydrogen-bond acceptors (Lipinski definition) is 7. The van der Waals surface area contributed by atoms with Gasteiger partial charge in [0.2, 0.25) is 5.91 Å². The summed E-state index contributed by atoms with van der Waals surface area (Å²) in [7, 11) is 1.71. The summed E-state index contributed by atoms with van der Waals surface area (Å²) in [5.41, 5.74) is 0.885. The van der Waals surface area contributed by atoms with E-state index < -0.39 is 0 Å². The lowest BCUT2D eigenvalue weighted by Crippen LogP contribution is -2.44. The van der Waals surface area contributed by atoms with E-state index >= 15 is 0 Å². The zero-order valence-corrected chi connectivity index (χ0v) is 17.4. The Balaban J connectivity index is 1.86. The van der Waals surface area contributed by atoms with E-state index in [1.54, 1.807) is 36.2 Å². The Morgan fingerprint density at radius 3 is 2.67 bits per heavy atom. The van der Waals surface area contributed by atoms with Crippen LogP contribution in [0.2, 0.25) is 0 Å². The first kappa shape index (κ1) is 21.3. The second-order valence-electron chi connectivity index (χ2n) is 6.95. The molecule has 2 aromatic rings. The number of nitrogens with zero attached hydrogens (tertiary/aromatic N) is 3. The molecule has 1 fully saturated rings. The highest BCUT2D eigenvalue weighted by Gasteiger charge is 2.26. The van der Waals surface area contributed by atoms with E-state index in [4.69, 9.17) is 4.74 Å². The molecular formula is C22H27N5O3.